The highest BCUT2D eigenvalue weighted by molar-refractivity contribution is 6.37. The van der Waals surface area contributed by atoms with Crippen LogP contribution in [0.4, 0.5) is 0 Å². The minimum Gasteiger partial charge on any atom is -0.401 e. The van der Waals surface area contributed by atoms with Crippen molar-refractivity contribution in [2.24, 2.45) is 11.7 Å². The fourth-order valence-corrected chi connectivity index (χ4v) is 2.15. The van der Waals surface area contributed by atoms with Gasteiger partial charge in [-0.1, -0.05) is 23.2 Å². The van der Waals surface area contributed by atoms with Crippen LogP contribution in [-0.4, -0.2) is 5.78 Å². The van der Waals surface area contributed by atoms with Gasteiger partial charge in [0.05, 0.1) is 5.02 Å². The van der Waals surface area contributed by atoms with Crippen LogP contribution in [0, 0.1) is 17.2 Å². The molecule has 0 aliphatic heterocycles. The van der Waals surface area contributed by atoms with E-state index in [-0.39, 0.29) is 22.1 Å². The lowest BCUT2D eigenvalue weighted by Gasteiger charge is -2.05. The monoisotopic (exact) mass is 280 g/mol. The number of carbonyl (C=O) groups excluding carboxylic acids is 1. The van der Waals surface area contributed by atoms with Crippen LogP contribution in [0.25, 0.3) is 0 Å². The van der Waals surface area contributed by atoms with Gasteiger partial charge in [0.1, 0.15) is 11.6 Å². The van der Waals surface area contributed by atoms with Gasteiger partial charge in [0, 0.05) is 16.3 Å². The topological polar surface area (TPSA) is 66.9 Å². The maximum atomic E-state index is 12.2. The van der Waals surface area contributed by atoms with E-state index >= 15 is 0 Å². The van der Waals surface area contributed by atoms with E-state index in [1.54, 1.807) is 6.07 Å². The summed E-state index contributed by atoms with van der Waals surface area (Å²) in [6, 6.07) is 6.41. The van der Waals surface area contributed by atoms with Crippen molar-refractivity contribution in [3.63, 3.8) is 0 Å². The molecule has 0 heterocycles. The van der Waals surface area contributed by atoms with E-state index in [1.807, 2.05) is 6.07 Å². The van der Waals surface area contributed by atoms with E-state index < -0.39 is 5.78 Å². The van der Waals surface area contributed by atoms with Gasteiger partial charge in [0.15, 0.2) is 0 Å². The summed E-state index contributed by atoms with van der Waals surface area (Å²) < 4.78 is 0. The van der Waals surface area contributed by atoms with Crippen molar-refractivity contribution in [1.29, 1.82) is 5.26 Å². The number of nitriles is 1. The summed E-state index contributed by atoms with van der Waals surface area (Å²) in [6.07, 6.45) is 1.86. The number of carbonyl (C=O) groups is 1. The van der Waals surface area contributed by atoms with Crippen LogP contribution in [0.2, 0.25) is 10.0 Å². The molecule has 0 atom stereocenters. The Balaban J connectivity index is 2.41. The normalized spacial score (nSPS) is 15.8. The number of allylic oxidation sites excluding steroid dienone is 2. The Morgan fingerprint density at radius 1 is 1.39 bits per heavy atom. The number of Topliss-reactive ketones (excluding diaryl/α,β-unsaturated/α-hetero) is 1. The predicted octanol–water partition coefficient (Wildman–Crippen LogP) is 3.32. The van der Waals surface area contributed by atoms with Gasteiger partial charge in [0.25, 0.3) is 0 Å². The third kappa shape index (κ3) is 2.50. The number of hydrogen-bond acceptors (Lipinski definition) is 3. The van der Waals surface area contributed by atoms with Crippen LogP contribution < -0.4 is 5.73 Å². The van der Waals surface area contributed by atoms with E-state index in [9.17, 15) is 4.79 Å². The first kappa shape index (κ1) is 12.9. The van der Waals surface area contributed by atoms with E-state index in [0.29, 0.717) is 10.7 Å². The number of ketones is 1. The molecule has 1 saturated carbocycles. The fraction of sp³-hybridized carbons (Fsp3) is 0.231. The summed E-state index contributed by atoms with van der Waals surface area (Å²) in [6.45, 7) is 0. The van der Waals surface area contributed by atoms with E-state index in [2.05, 4.69) is 0 Å². The van der Waals surface area contributed by atoms with Gasteiger partial charge in [0.2, 0.25) is 5.78 Å². The molecule has 1 fully saturated rings. The zero-order chi connectivity index (χ0) is 13.3. The molecule has 0 bridgehead atoms. The van der Waals surface area contributed by atoms with Crippen molar-refractivity contribution >= 4 is 29.0 Å². The van der Waals surface area contributed by atoms with Gasteiger partial charge in [-0.25, -0.2) is 0 Å². The average Bonchev–Trinajstić information content (AvgIpc) is 3.13. The largest absolute Gasteiger partial charge is 0.401 e. The molecule has 0 spiro atoms. The van der Waals surface area contributed by atoms with Crippen molar-refractivity contribution in [2.75, 3.05) is 0 Å². The summed E-state index contributed by atoms with van der Waals surface area (Å²) in [5, 5.41) is 9.74. The summed E-state index contributed by atoms with van der Waals surface area (Å²) in [7, 11) is 0. The standard InChI is InChI=1S/C13H10Cl2N2O/c14-8-3-4-9(11(15)5-8)13(18)10(6-16)12(17)7-1-2-7/h3-5,7H,1-2,17H2. The van der Waals surface area contributed by atoms with Crippen LogP contribution in [-0.2, 0) is 0 Å². The maximum Gasteiger partial charge on any atom is 0.206 e. The van der Waals surface area contributed by atoms with E-state index in [0.717, 1.165) is 12.8 Å². The van der Waals surface area contributed by atoms with Crippen molar-refractivity contribution in [1.82, 2.24) is 0 Å². The molecule has 1 aliphatic carbocycles. The Morgan fingerprint density at radius 3 is 2.56 bits per heavy atom. The lowest BCUT2D eigenvalue weighted by molar-refractivity contribution is 0.103. The molecule has 1 aliphatic rings. The van der Waals surface area contributed by atoms with Crippen LogP contribution in [0.3, 0.4) is 0 Å². The Kier molecular flexibility index (Phi) is 3.60. The van der Waals surface area contributed by atoms with Crippen LogP contribution in [0.1, 0.15) is 23.2 Å². The molecule has 0 amide bonds. The number of benzene rings is 1. The zero-order valence-corrected chi connectivity index (χ0v) is 10.9. The van der Waals surface area contributed by atoms with Gasteiger partial charge < -0.3 is 5.73 Å². The molecule has 18 heavy (non-hydrogen) atoms. The zero-order valence-electron chi connectivity index (χ0n) is 9.41. The van der Waals surface area contributed by atoms with Gasteiger partial charge >= 0.3 is 0 Å². The molecular formula is C13H10Cl2N2O. The van der Waals surface area contributed by atoms with Crippen LogP contribution in [0.15, 0.2) is 29.5 Å². The summed E-state index contributed by atoms with van der Waals surface area (Å²) in [5.74, 6) is -0.279. The number of hydrogen-bond donors (Lipinski definition) is 1. The Morgan fingerprint density at radius 2 is 2.06 bits per heavy atom. The highest BCUT2D eigenvalue weighted by Crippen LogP contribution is 2.36. The molecule has 0 aromatic heterocycles. The summed E-state index contributed by atoms with van der Waals surface area (Å²) in [4.78, 5) is 12.2. The second-order valence-corrected chi connectivity index (χ2v) is 5.01. The first-order valence-electron chi connectivity index (χ1n) is 5.44. The number of halogens is 2. The SMILES string of the molecule is N#CC(C(=O)c1ccc(Cl)cc1Cl)=C(N)C1CC1. The van der Waals surface area contributed by atoms with Crippen molar-refractivity contribution < 1.29 is 4.79 Å². The molecular weight excluding hydrogens is 271 g/mol. The second-order valence-electron chi connectivity index (χ2n) is 4.17. The molecule has 3 nitrogen and oxygen atoms in total. The third-order valence-corrected chi connectivity index (χ3v) is 3.37. The summed E-state index contributed by atoms with van der Waals surface area (Å²) in [5.41, 5.74) is 6.43. The van der Waals surface area contributed by atoms with Gasteiger partial charge in [-0.15, -0.1) is 0 Å². The fourth-order valence-electron chi connectivity index (χ4n) is 1.65. The van der Waals surface area contributed by atoms with Crippen molar-refractivity contribution in [3.05, 3.63) is 45.1 Å². The van der Waals surface area contributed by atoms with Crippen LogP contribution >= 0.6 is 23.2 Å². The minimum absolute atomic E-state index is 0.0123. The quantitative estimate of drug-likeness (QED) is 0.525. The molecule has 1 aromatic rings. The van der Waals surface area contributed by atoms with Gasteiger partial charge in [-0.3, -0.25) is 4.79 Å². The predicted molar refractivity (Wildman–Crippen MR) is 70.3 cm³/mol. The Bertz CT molecular complexity index is 583. The molecule has 1 aromatic carbocycles. The Labute approximate surface area is 115 Å². The number of nitrogens with zero attached hydrogens (tertiary/aromatic N) is 1. The lowest BCUT2D eigenvalue weighted by Crippen LogP contribution is -2.12. The van der Waals surface area contributed by atoms with E-state index in [1.165, 1.54) is 12.1 Å². The molecule has 2 N–H and O–H groups in total. The lowest BCUT2D eigenvalue weighted by atomic mass is 10.0. The first-order chi connectivity index (χ1) is 8.54. The number of rotatable bonds is 3. The molecule has 92 valence electrons. The number of nitrogens with two attached hydrogens (primary N) is 1. The van der Waals surface area contributed by atoms with E-state index in [4.69, 9.17) is 34.2 Å². The van der Waals surface area contributed by atoms with Gasteiger partial charge in [-0.2, -0.15) is 5.26 Å². The summed E-state index contributed by atoms with van der Waals surface area (Å²) >= 11 is 11.7. The van der Waals surface area contributed by atoms with Crippen molar-refractivity contribution in [2.45, 2.75) is 12.8 Å². The third-order valence-electron chi connectivity index (χ3n) is 2.82. The van der Waals surface area contributed by atoms with Crippen LogP contribution in [0.5, 0.6) is 0 Å². The van der Waals surface area contributed by atoms with Crippen molar-refractivity contribution in [3.8, 4) is 6.07 Å². The Hall–Kier alpha value is -1.50. The first-order valence-corrected chi connectivity index (χ1v) is 6.19. The minimum atomic E-state index is -0.441. The molecule has 0 radical (unpaired) electrons. The second kappa shape index (κ2) is 5.01. The molecule has 2 rings (SSSR count). The van der Waals surface area contributed by atoms with Gasteiger partial charge in [-0.05, 0) is 37.0 Å². The highest BCUT2D eigenvalue weighted by atomic mass is 35.5. The molecule has 5 heteroatoms. The maximum absolute atomic E-state index is 12.2. The average molecular weight is 281 g/mol. The molecule has 0 unspecified atom stereocenters. The molecule has 0 saturated heterocycles. The smallest absolute Gasteiger partial charge is 0.206 e. The highest BCUT2D eigenvalue weighted by Gasteiger charge is 2.29.